The van der Waals surface area contributed by atoms with Crippen LogP contribution in [0.2, 0.25) is 0 Å². The minimum Gasteiger partial charge on any atom is -0.423 e. The van der Waals surface area contributed by atoms with Crippen molar-refractivity contribution in [3.63, 3.8) is 0 Å². The van der Waals surface area contributed by atoms with Gasteiger partial charge in [-0.1, -0.05) is 0 Å². The van der Waals surface area contributed by atoms with Gasteiger partial charge in [0.2, 0.25) is 0 Å². The summed E-state index contributed by atoms with van der Waals surface area (Å²) < 4.78 is 11.3. The molecule has 1 aliphatic heterocycles. The number of benzene rings is 1. The van der Waals surface area contributed by atoms with Crippen molar-refractivity contribution in [2.75, 3.05) is 13.1 Å². The molecule has 1 unspecified atom stereocenters. The van der Waals surface area contributed by atoms with Gasteiger partial charge in [-0.15, -0.1) is 0 Å². The fourth-order valence-corrected chi connectivity index (χ4v) is 4.24. The van der Waals surface area contributed by atoms with Gasteiger partial charge < -0.3 is 14.1 Å². The number of rotatable bonds is 2. The minimum absolute atomic E-state index is 0.237. The smallest absolute Gasteiger partial charge is 0.336 e. The van der Waals surface area contributed by atoms with Gasteiger partial charge in [-0.05, 0) is 56.4 Å². The van der Waals surface area contributed by atoms with Crippen LogP contribution in [0.1, 0.15) is 37.0 Å². The molecule has 0 amide bonds. The summed E-state index contributed by atoms with van der Waals surface area (Å²) in [6.45, 7) is 7.08. The summed E-state index contributed by atoms with van der Waals surface area (Å²) in [4.78, 5) is 13.4. The van der Waals surface area contributed by atoms with Gasteiger partial charge in [0.05, 0.1) is 0 Å². The molecule has 0 spiro atoms. The van der Waals surface area contributed by atoms with Crippen LogP contribution in [0.25, 0.3) is 11.0 Å². The minimum atomic E-state index is -0.237. The summed E-state index contributed by atoms with van der Waals surface area (Å²) in [7, 11) is 0. The molecule has 0 radical (unpaired) electrons. The van der Waals surface area contributed by atoms with Crippen LogP contribution in [0.15, 0.2) is 27.4 Å². The van der Waals surface area contributed by atoms with Crippen molar-refractivity contribution in [3.05, 3.63) is 45.3 Å². The van der Waals surface area contributed by atoms with Crippen LogP contribution in [-0.4, -0.2) is 25.3 Å². The van der Waals surface area contributed by atoms with Gasteiger partial charge in [-0.3, -0.25) is 0 Å². The van der Waals surface area contributed by atoms with Crippen LogP contribution in [0.5, 0.6) is 0 Å². The molecule has 1 saturated heterocycles. The van der Waals surface area contributed by atoms with Gasteiger partial charge in [0, 0.05) is 17.0 Å². The molecule has 1 fully saturated rings. The lowest BCUT2D eigenvalue weighted by atomic mass is 10.0. The van der Waals surface area contributed by atoms with Crippen molar-refractivity contribution in [2.24, 2.45) is 0 Å². The second kappa shape index (κ2) is 5.77. The molecule has 3 atom stereocenters. The highest BCUT2D eigenvalue weighted by molar-refractivity contribution is 5.82. The first-order valence-electron chi connectivity index (χ1n) is 8.66. The number of hydrogen-bond donors (Lipinski definition) is 1. The molecule has 2 aromatic rings. The first kappa shape index (κ1) is 14.9. The van der Waals surface area contributed by atoms with Crippen LogP contribution < -0.4 is 10.5 Å². The quantitative estimate of drug-likeness (QED) is 0.854. The van der Waals surface area contributed by atoms with Crippen molar-refractivity contribution in [2.45, 2.75) is 51.9 Å². The second-order valence-corrected chi connectivity index (χ2v) is 7.15. The van der Waals surface area contributed by atoms with Crippen LogP contribution in [0.3, 0.4) is 0 Å². The van der Waals surface area contributed by atoms with Gasteiger partial charge in [-0.2, -0.15) is 0 Å². The number of fused-ring (bicyclic) bond motifs is 2. The van der Waals surface area contributed by atoms with Crippen LogP contribution >= 0.6 is 0 Å². The van der Waals surface area contributed by atoms with Crippen LogP contribution in [0, 0.1) is 0 Å². The molecule has 0 saturated carbocycles. The Morgan fingerprint density at radius 2 is 1.78 bits per heavy atom. The zero-order valence-corrected chi connectivity index (χ0v) is 13.9. The predicted octanol–water partition coefficient (Wildman–Crippen LogP) is 1.47. The van der Waals surface area contributed by atoms with E-state index in [0.29, 0.717) is 0 Å². The summed E-state index contributed by atoms with van der Waals surface area (Å²) in [5.41, 5.74) is 4.40. The monoisotopic (exact) mass is 314 g/mol. The SMILES string of the molecule is C[C@@H]1C[NH+](Cc2cc(=O)oc3cc4c(cc23)CCC4)C[C@H](C)O1. The first-order chi connectivity index (χ1) is 11.1. The van der Waals surface area contributed by atoms with E-state index in [1.54, 1.807) is 6.07 Å². The van der Waals surface area contributed by atoms with Gasteiger partial charge in [-0.25, -0.2) is 4.79 Å². The average molecular weight is 314 g/mol. The van der Waals surface area contributed by atoms with Gasteiger partial charge in [0.15, 0.2) is 0 Å². The highest BCUT2D eigenvalue weighted by Crippen LogP contribution is 2.28. The zero-order chi connectivity index (χ0) is 16.0. The molecule has 2 aliphatic rings. The van der Waals surface area contributed by atoms with Crippen molar-refractivity contribution in [3.8, 4) is 0 Å². The molecule has 122 valence electrons. The summed E-state index contributed by atoms with van der Waals surface area (Å²) in [6, 6.07) is 6.02. The molecule has 1 aliphatic carbocycles. The van der Waals surface area contributed by atoms with E-state index in [0.717, 1.165) is 49.0 Å². The van der Waals surface area contributed by atoms with Crippen LogP contribution in [-0.2, 0) is 24.1 Å². The third-order valence-corrected chi connectivity index (χ3v) is 5.10. The number of morpholine rings is 1. The number of quaternary nitrogens is 1. The maximum atomic E-state index is 12.0. The largest absolute Gasteiger partial charge is 0.423 e. The highest BCUT2D eigenvalue weighted by Gasteiger charge is 2.26. The molecule has 4 rings (SSSR count). The van der Waals surface area contributed by atoms with Gasteiger partial charge in [0.25, 0.3) is 0 Å². The third-order valence-electron chi connectivity index (χ3n) is 5.10. The van der Waals surface area contributed by atoms with Crippen LogP contribution in [0.4, 0.5) is 0 Å². The Morgan fingerprint density at radius 1 is 1.09 bits per heavy atom. The van der Waals surface area contributed by atoms with Crippen molar-refractivity contribution >= 4 is 11.0 Å². The standard InChI is InChI=1S/C19H23NO3/c1-12-9-20(10-13(2)22-12)11-16-8-19(21)23-18-7-15-5-3-4-14(15)6-17(16)18/h6-8,12-13H,3-5,9-11H2,1-2H3/p+1/t12-,13+. The molecule has 23 heavy (non-hydrogen) atoms. The van der Waals surface area contributed by atoms with Crippen molar-refractivity contribution in [1.82, 2.24) is 0 Å². The summed E-state index contributed by atoms with van der Waals surface area (Å²) in [5.74, 6) is 0. The van der Waals surface area contributed by atoms with E-state index in [1.165, 1.54) is 22.4 Å². The lowest BCUT2D eigenvalue weighted by Gasteiger charge is -2.32. The third kappa shape index (κ3) is 2.93. The highest BCUT2D eigenvalue weighted by atomic mass is 16.5. The zero-order valence-electron chi connectivity index (χ0n) is 13.9. The van der Waals surface area contributed by atoms with Crippen molar-refractivity contribution < 1.29 is 14.1 Å². The maximum Gasteiger partial charge on any atom is 0.336 e. The number of aryl methyl sites for hydroxylation is 2. The summed E-state index contributed by atoms with van der Waals surface area (Å²) in [5, 5.41) is 1.12. The Kier molecular flexibility index (Phi) is 3.74. The number of hydrogen-bond acceptors (Lipinski definition) is 3. The molecule has 4 nitrogen and oxygen atoms in total. The molecule has 0 bridgehead atoms. The average Bonchev–Trinajstić information content (AvgIpc) is 2.91. The van der Waals surface area contributed by atoms with E-state index in [9.17, 15) is 4.79 Å². The molecular formula is C19H24NO3+. The Bertz CT molecular complexity index is 785. The summed E-state index contributed by atoms with van der Waals surface area (Å²) in [6.07, 6.45) is 3.98. The van der Waals surface area contributed by atoms with E-state index in [4.69, 9.17) is 9.15 Å². The Labute approximate surface area is 136 Å². The molecule has 4 heteroatoms. The fraction of sp³-hybridized carbons (Fsp3) is 0.526. The molecular weight excluding hydrogens is 290 g/mol. The van der Waals surface area contributed by atoms with E-state index in [-0.39, 0.29) is 17.8 Å². The predicted molar refractivity (Wildman–Crippen MR) is 88.9 cm³/mol. The molecule has 1 N–H and O–H groups in total. The Hall–Kier alpha value is -1.65. The van der Waals surface area contributed by atoms with Crippen molar-refractivity contribution in [1.29, 1.82) is 0 Å². The van der Waals surface area contributed by atoms with E-state index in [1.807, 2.05) is 0 Å². The van der Waals surface area contributed by atoms with Gasteiger partial charge in [0.1, 0.15) is 37.4 Å². The lowest BCUT2D eigenvalue weighted by Crippen LogP contribution is -3.14. The number of nitrogens with one attached hydrogen (secondary N) is 1. The number of ether oxygens (including phenoxy) is 1. The van der Waals surface area contributed by atoms with E-state index >= 15 is 0 Å². The Morgan fingerprint density at radius 3 is 2.52 bits per heavy atom. The summed E-state index contributed by atoms with van der Waals surface area (Å²) >= 11 is 0. The lowest BCUT2D eigenvalue weighted by molar-refractivity contribution is -0.928. The van der Waals surface area contributed by atoms with E-state index in [2.05, 4.69) is 26.0 Å². The molecule has 1 aromatic heterocycles. The Balaban J connectivity index is 1.72. The van der Waals surface area contributed by atoms with Gasteiger partial charge >= 0.3 is 5.63 Å². The molecule has 2 heterocycles. The topological polar surface area (TPSA) is 43.9 Å². The fourth-order valence-electron chi connectivity index (χ4n) is 4.24. The maximum absolute atomic E-state index is 12.0. The normalized spacial score (nSPS) is 27.3. The molecule has 1 aromatic carbocycles. The first-order valence-corrected chi connectivity index (χ1v) is 8.66. The second-order valence-electron chi connectivity index (χ2n) is 7.15. The van der Waals surface area contributed by atoms with E-state index < -0.39 is 0 Å².